The standard InChI is InChI=1S/C18H27N5O2S2/c24-14(20-18-23-22-16(27-18)11-6-2-1-3-7-11)9-5-4-8-13-15-12(10-26-13)19-17(25)21-15/h11-13,15H,1-10H2,(H2,19,21,25)(H,20,23,24). The molecule has 0 bridgehead atoms. The number of carbonyl (C=O) groups excluding carboxylic acids is 2. The van der Waals surface area contributed by atoms with Crippen molar-refractivity contribution < 1.29 is 9.59 Å². The van der Waals surface area contributed by atoms with E-state index in [1.807, 2.05) is 11.8 Å². The van der Waals surface area contributed by atoms with E-state index in [-0.39, 0.29) is 24.0 Å². The highest BCUT2D eigenvalue weighted by Gasteiger charge is 2.42. The maximum absolute atomic E-state index is 12.2. The van der Waals surface area contributed by atoms with Gasteiger partial charge in [0, 0.05) is 23.3 Å². The van der Waals surface area contributed by atoms with Gasteiger partial charge in [-0.25, -0.2) is 4.79 Å². The number of urea groups is 1. The van der Waals surface area contributed by atoms with Gasteiger partial charge in [0.05, 0.1) is 12.1 Å². The Balaban J connectivity index is 1.15. The summed E-state index contributed by atoms with van der Waals surface area (Å²) in [6.45, 7) is 0. The van der Waals surface area contributed by atoms with E-state index in [9.17, 15) is 9.59 Å². The zero-order valence-corrected chi connectivity index (χ0v) is 17.0. The van der Waals surface area contributed by atoms with E-state index in [0.29, 0.717) is 22.7 Å². The Kier molecular flexibility index (Phi) is 6.17. The fourth-order valence-electron chi connectivity index (χ4n) is 4.26. The number of amides is 3. The lowest BCUT2D eigenvalue weighted by Crippen LogP contribution is -2.36. The van der Waals surface area contributed by atoms with Crippen LogP contribution in [-0.4, -0.2) is 45.2 Å². The number of fused-ring (bicyclic) bond motifs is 1. The monoisotopic (exact) mass is 409 g/mol. The number of thioether (sulfide) groups is 1. The molecule has 2 saturated heterocycles. The molecular formula is C18H27N5O2S2. The zero-order valence-electron chi connectivity index (χ0n) is 15.4. The number of nitrogens with one attached hydrogen (secondary N) is 3. The van der Waals surface area contributed by atoms with Crippen LogP contribution in [0.15, 0.2) is 0 Å². The van der Waals surface area contributed by atoms with Gasteiger partial charge in [-0.1, -0.05) is 37.0 Å². The van der Waals surface area contributed by atoms with Crippen LogP contribution in [-0.2, 0) is 4.79 Å². The molecule has 1 aromatic heterocycles. The molecule has 3 N–H and O–H groups in total. The minimum atomic E-state index is -0.0423. The summed E-state index contributed by atoms with van der Waals surface area (Å²) >= 11 is 3.45. The number of aromatic nitrogens is 2. The Bertz CT molecular complexity index is 676. The van der Waals surface area contributed by atoms with Gasteiger partial charge in [0.2, 0.25) is 11.0 Å². The Morgan fingerprint density at radius 2 is 2.00 bits per heavy atom. The van der Waals surface area contributed by atoms with Crippen molar-refractivity contribution in [2.45, 2.75) is 81.0 Å². The second-order valence-electron chi connectivity index (χ2n) is 7.70. The first-order valence-corrected chi connectivity index (χ1v) is 11.9. The smallest absolute Gasteiger partial charge is 0.315 e. The Hall–Kier alpha value is -1.35. The van der Waals surface area contributed by atoms with Gasteiger partial charge >= 0.3 is 6.03 Å². The van der Waals surface area contributed by atoms with Gasteiger partial charge in [0.25, 0.3) is 0 Å². The van der Waals surface area contributed by atoms with E-state index in [4.69, 9.17) is 0 Å². The highest BCUT2D eigenvalue weighted by molar-refractivity contribution is 8.00. The normalized spacial score (nSPS) is 27.9. The van der Waals surface area contributed by atoms with Crippen molar-refractivity contribution in [1.29, 1.82) is 0 Å². The molecule has 1 aromatic rings. The Morgan fingerprint density at radius 1 is 1.15 bits per heavy atom. The molecule has 1 aliphatic carbocycles. The first kappa shape index (κ1) is 19.0. The van der Waals surface area contributed by atoms with E-state index < -0.39 is 0 Å². The second-order valence-corrected chi connectivity index (χ2v) is 9.98. The van der Waals surface area contributed by atoms with Gasteiger partial charge in [0.15, 0.2) is 0 Å². The van der Waals surface area contributed by atoms with Crippen molar-refractivity contribution in [1.82, 2.24) is 20.8 Å². The van der Waals surface area contributed by atoms with Crippen molar-refractivity contribution in [2.75, 3.05) is 11.1 Å². The van der Waals surface area contributed by atoms with Crippen molar-refractivity contribution >= 4 is 40.2 Å². The summed E-state index contributed by atoms with van der Waals surface area (Å²) in [5.41, 5.74) is 0. The van der Waals surface area contributed by atoms with E-state index >= 15 is 0 Å². The van der Waals surface area contributed by atoms with E-state index in [1.54, 1.807) is 0 Å². The van der Waals surface area contributed by atoms with Crippen LogP contribution >= 0.6 is 23.1 Å². The third kappa shape index (κ3) is 4.74. The summed E-state index contributed by atoms with van der Waals surface area (Å²) in [7, 11) is 0. The molecule has 3 atom stereocenters. The maximum Gasteiger partial charge on any atom is 0.315 e. The number of anilines is 1. The summed E-state index contributed by atoms with van der Waals surface area (Å²) in [4.78, 5) is 23.6. The van der Waals surface area contributed by atoms with E-state index in [0.717, 1.165) is 30.0 Å². The van der Waals surface area contributed by atoms with Crippen molar-refractivity contribution in [2.24, 2.45) is 0 Å². The van der Waals surface area contributed by atoms with Crippen LogP contribution in [0.5, 0.6) is 0 Å². The lowest BCUT2D eigenvalue weighted by Gasteiger charge is -2.18. The number of nitrogens with zero attached hydrogens (tertiary/aromatic N) is 2. The number of rotatable bonds is 7. The summed E-state index contributed by atoms with van der Waals surface area (Å²) < 4.78 is 0. The van der Waals surface area contributed by atoms with Crippen molar-refractivity contribution in [3.63, 3.8) is 0 Å². The molecule has 0 radical (unpaired) electrons. The van der Waals surface area contributed by atoms with Gasteiger partial charge < -0.3 is 16.0 Å². The molecule has 3 aliphatic rings. The van der Waals surface area contributed by atoms with Crippen LogP contribution in [0, 0.1) is 0 Å². The number of hydrogen-bond donors (Lipinski definition) is 3. The van der Waals surface area contributed by atoms with Crippen LogP contribution in [0.4, 0.5) is 9.93 Å². The van der Waals surface area contributed by atoms with Crippen LogP contribution in [0.2, 0.25) is 0 Å². The minimum Gasteiger partial charge on any atom is -0.332 e. The molecule has 2 aliphatic heterocycles. The fourth-order valence-corrected chi connectivity index (χ4v) is 6.73. The van der Waals surface area contributed by atoms with Crippen LogP contribution in [0.25, 0.3) is 0 Å². The lowest BCUT2D eigenvalue weighted by molar-refractivity contribution is -0.116. The topological polar surface area (TPSA) is 96.0 Å². The number of carbonyl (C=O) groups is 2. The molecule has 4 rings (SSSR count). The first-order chi connectivity index (χ1) is 13.2. The molecule has 9 heteroatoms. The van der Waals surface area contributed by atoms with Crippen LogP contribution < -0.4 is 16.0 Å². The van der Waals surface area contributed by atoms with Crippen molar-refractivity contribution in [3.05, 3.63) is 5.01 Å². The summed E-state index contributed by atoms with van der Waals surface area (Å²) in [5.74, 6) is 1.53. The van der Waals surface area contributed by atoms with Crippen LogP contribution in [0.1, 0.15) is 68.7 Å². The van der Waals surface area contributed by atoms with Crippen LogP contribution in [0.3, 0.4) is 0 Å². The summed E-state index contributed by atoms with van der Waals surface area (Å²) in [6, 6.07) is 0.474. The van der Waals surface area contributed by atoms with Gasteiger partial charge in [-0.3, -0.25) is 4.79 Å². The lowest BCUT2D eigenvalue weighted by atomic mass is 9.90. The van der Waals surface area contributed by atoms with Crippen molar-refractivity contribution in [3.8, 4) is 0 Å². The molecule has 0 aromatic carbocycles. The fraction of sp³-hybridized carbons (Fsp3) is 0.778. The zero-order chi connectivity index (χ0) is 18.6. The highest BCUT2D eigenvalue weighted by atomic mass is 32.2. The summed E-state index contributed by atoms with van der Waals surface area (Å²) in [6.07, 6.45) is 9.64. The Morgan fingerprint density at radius 3 is 2.85 bits per heavy atom. The number of hydrogen-bond acceptors (Lipinski definition) is 6. The van der Waals surface area contributed by atoms with Gasteiger partial charge in [-0.15, -0.1) is 10.2 Å². The quantitative estimate of drug-likeness (QED) is 0.474. The molecule has 3 unspecified atom stereocenters. The first-order valence-electron chi connectivity index (χ1n) is 10.0. The molecule has 148 valence electrons. The molecule has 0 spiro atoms. The van der Waals surface area contributed by atoms with Gasteiger partial charge in [-0.2, -0.15) is 11.8 Å². The molecule has 7 nitrogen and oxygen atoms in total. The SMILES string of the molecule is O=C(CCCCC1SCC2NC(=O)NC21)Nc1nnc(C2CCCCC2)s1. The second kappa shape index (κ2) is 8.77. The van der Waals surface area contributed by atoms with E-state index in [1.165, 1.54) is 43.4 Å². The molecular weight excluding hydrogens is 382 g/mol. The average Bonchev–Trinajstić information content (AvgIpc) is 3.36. The van der Waals surface area contributed by atoms with Gasteiger partial charge in [0.1, 0.15) is 5.01 Å². The third-order valence-corrected chi connectivity index (χ3v) is 8.23. The molecule has 3 heterocycles. The molecule has 3 amide bonds. The molecule has 3 fully saturated rings. The highest BCUT2D eigenvalue weighted by Crippen LogP contribution is 2.35. The van der Waals surface area contributed by atoms with Gasteiger partial charge in [-0.05, 0) is 25.7 Å². The maximum atomic E-state index is 12.2. The third-order valence-electron chi connectivity index (χ3n) is 5.72. The average molecular weight is 410 g/mol. The summed E-state index contributed by atoms with van der Waals surface area (Å²) in [5, 5.41) is 19.5. The molecule has 27 heavy (non-hydrogen) atoms. The minimum absolute atomic E-state index is 0.0223. The predicted octanol–water partition coefficient (Wildman–Crippen LogP) is 3.25. The van der Waals surface area contributed by atoms with E-state index in [2.05, 4.69) is 26.1 Å². The number of unbranched alkanes of at least 4 members (excludes halogenated alkanes) is 1. The predicted molar refractivity (Wildman–Crippen MR) is 108 cm³/mol. The Labute approximate surface area is 167 Å². The molecule has 1 saturated carbocycles. The largest absolute Gasteiger partial charge is 0.332 e.